The van der Waals surface area contributed by atoms with Gasteiger partial charge in [-0.05, 0) is 38.0 Å². The summed E-state index contributed by atoms with van der Waals surface area (Å²) >= 11 is 2.13. The van der Waals surface area contributed by atoms with Gasteiger partial charge in [0.15, 0.2) is 0 Å². The Balaban J connectivity index is 1.98. The summed E-state index contributed by atoms with van der Waals surface area (Å²) in [6.07, 6.45) is 5.69. The van der Waals surface area contributed by atoms with E-state index in [0.717, 1.165) is 0 Å². The Morgan fingerprint density at radius 1 is 1.20 bits per heavy atom. The summed E-state index contributed by atoms with van der Waals surface area (Å²) in [7, 11) is 0. The zero-order valence-corrected chi connectivity index (χ0v) is 7.17. The number of rotatable bonds is 0. The molecule has 2 rings (SSSR count). The summed E-state index contributed by atoms with van der Waals surface area (Å²) in [6, 6.07) is 0. The molecule has 0 aromatic carbocycles. The molecular formula is C8H15NS. The van der Waals surface area contributed by atoms with Gasteiger partial charge in [-0.15, -0.1) is 0 Å². The highest BCUT2D eigenvalue weighted by atomic mass is 32.2. The Bertz CT molecular complexity index is 110. The summed E-state index contributed by atoms with van der Waals surface area (Å²) < 4.78 is 0. The van der Waals surface area contributed by atoms with Gasteiger partial charge < -0.3 is 5.32 Å². The average Bonchev–Trinajstić information content (AvgIpc) is 2.39. The monoisotopic (exact) mass is 157 g/mol. The van der Waals surface area contributed by atoms with Crippen LogP contribution >= 0.6 is 11.8 Å². The van der Waals surface area contributed by atoms with Crippen molar-refractivity contribution in [2.75, 3.05) is 18.1 Å². The van der Waals surface area contributed by atoms with E-state index in [4.69, 9.17) is 0 Å². The molecule has 1 unspecified atom stereocenters. The van der Waals surface area contributed by atoms with Crippen molar-refractivity contribution in [3.63, 3.8) is 0 Å². The smallest absolute Gasteiger partial charge is 0.0272 e. The van der Waals surface area contributed by atoms with Gasteiger partial charge in [0.1, 0.15) is 0 Å². The summed E-state index contributed by atoms with van der Waals surface area (Å²) in [6.45, 7) is 1.26. The van der Waals surface area contributed by atoms with Crippen LogP contribution in [-0.2, 0) is 0 Å². The van der Waals surface area contributed by atoms with Crippen molar-refractivity contribution in [2.24, 2.45) is 0 Å². The van der Waals surface area contributed by atoms with Gasteiger partial charge in [0.05, 0.1) is 0 Å². The van der Waals surface area contributed by atoms with Crippen LogP contribution in [0.4, 0.5) is 0 Å². The van der Waals surface area contributed by atoms with Crippen LogP contribution in [0.25, 0.3) is 0 Å². The first kappa shape index (κ1) is 6.99. The second kappa shape index (κ2) is 2.74. The Morgan fingerprint density at radius 2 is 2.10 bits per heavy atom. The van der Waals surface area contributed by atoms with Crippen molar-refractivity contribution in [2.45, 2.75) is 31.2 Å². The molecule has 0 saturated carbocycles. The molecule has 1 atom stereocenters. The van der Waals surface area contributed by atoms with Crippen LogP contribution < -0.4 is 5.32 Å². The largest absolute Gasteiger partial charge is 0.310 e. The number of thioether (sulfide) groups is 1. The van der Waals surface area contributed by atoms with Gasteiger partial charge in [-0.1, -0.05) is 0 Å². The predicted octanol–water partition coefficient (Wildman–Crippen LogP) is 1.64. The van der Waals surface area contributed by atoms with Gasteiger partial charge in [0, 0.05) is 11.3 Å². The standard InChI is InChI=1S/C8H15NS/c1-3-8(9-5-1)4-2-6-10-7-8/h9H,1-7H2. The lowest BCUT2D eigenvalue weighted by molar-refractivity contribution is 0.381. The normalized spacial score (nSPS) is 40.8. The minimum absolute atomic E-state index is 0.586. The molecular weight excluding hydrogens is 142 g/mol. The van der Waals surface area contributed by atoms with Crippen molar-refractivity contribution in [3.8, 4) is 0 Å². The van der Waals surface area contributed by atoms with Crippen LogP contribution in [0.1, 0.15) is 25.7 Å². The molecule has 1 nitrogen and oxygen atoms in total. The first-order valence-electron chi connectivity index (χ1n) is 4.24. The Kier molecular flexibility index (Phi) is 1.92. The van der Waals surface area contributed by atoms with Gasteiger partial charge >= 0.3 is 0 Å². The van der Waals surface area contributed by atoms with Gasteiger partial charge in [0.25, 0.3) is 0 Å². The molecule has 0 bridgehead atoms. The van der Waals surface area contributed by atoms with E-state index in [9.17, 15) is 0 Å². The highest BCUT2D eigenvalue weighted by Gasteiger charge is 2.34. The molecule has 2 heteroatoms. The Hall–Kier alpha value is 0.310. The number of hydrogen-bond donors (Lipinski definition) is 1. The molecule has 10 heavy (non-hydrogen) atoms. The highest BCUT2D eigenvalue weighted by Crippen LogP contribution is 2.33. The van der Waals surface area contributed by atoms with E-state index in [1.165, 1.54) is 43.7 Å². The topological polar surface area (TPSA) is 12.0 Å². The van der Waals surface area contributed by atoms with Gasteiger partial charge in [-0.25, -0.2) is 0 Å². The lowest BCUT2D eigenvalue weighted by Crippen LogP contribution is -2.44. The second-order valence-corrected chi connectivity index (χ2v) is 4.57. The molecule has 0 radical (unpaired) electrons. The minimum atomic E-state index is 0.586. The Morgan fingerprint density at radius 3 is 2.70 bits per heavy atom. The van der Waals surface area contributed by atoms with E-state index in [1.807, 2.05) is 0 Å². The van der Waals surface area contributed by atoms with Crippen molar-refractivity contribution < 1.29 is 0 Å². The molecule has 0 aromatic rings. The van der Waals surface area contributed by atoms with E-state index < -0.39 is 0 Å². The van der Waals surface area contributed by atoms with E-state index in [2.05, 4.69) is 17.1 Å². The Labute approximate surface area is 67.0 Å². The quantitative estimate of drug-likeness (QED) is 0.573. The molecule has 2 fully saturated rings. The first-order valence-corrected chi connectivity index (χ1v) is 5.40. The predicted molar refractivity (Wildman–Crippen MR) is 46.5 cm³/mol. The molecule has 1 spiro atoms. The number of hydrogen-bond acceptors (Lipinski definition) is 2. The van der Waals surface area contributed by atoms with Crippen LogP contribution in [0.5, 0.6) is 0 Å². The van der Waals surface area contributed by atoms with E-state index >= 15 is 0 Å². The third-order valence-corrected chi connectivity index (χ3v) is 3.99. The molecule has 2 aliphatic rings. The second-order valence-electron chi connectivity index (χ2n) is 3.47. The van der Waals surface area contributed by atoms with E-state index in [-0.39, 0.29) is 0 Å². The van der Waals surface area contributed by atoms with Crippen LogP contribution in [0.2, 0.25) is 0 Å². The third kappa shape index (κ3) is 1.19. The minimum Gasteiger partial charge on any atom is -0.310 e. The number of nitrogens with one attached hydrogen (secondary N) is 1. The molecule has 0 aromatic heterocycles. The fourth-order valence-electron chi connectivity index (χ4n) is 2.06. The molecule has 0 amide bonds. The van der Waals surface area contributed by atoms with Gasteiger partial charge in [0.2, 0.25) is 0 Å². The fourth-order valence-corrected chi connectivity index (χ4v) is 3.33. The highest BCUT2D eigenvalue weighted by molar-refractivity contribution is 7.99. The first-order chi connectivity index (χ1) is 4.91. The zero-order valence-electron chi connectivity index (χ0n) is 6.36. The third-order valence-electron chi connectivity index (χ3n) is 2.65. The van der Waals surface area contributed by atoms with Gasteiger partial charge in [-0.2, -0.15) is 11.8 Å². The van der Waals surface area contributed by atoms with Crippen LogP contribution in [0, 0.1) is 0 Å². The van der Waals surface area contributed by atoms with Crippen molar-refractivity contribution in [1.29, 1.82) is 0 Å². The molecule has 58 valence electrons. The summed E-state index contributed by atoms with van der Waals surface area (Å²) in [5, 5.41) is 3.65. The van der Waals surface area contributed by atoms with Crippen molar-refractivity contribution in [1.82, 2.24) is 5.32 Å². The van der Waals surface area contributed by atoms with E-state index in [1.54, 1.807) is 0 Å². The molecule has 2 heterocycles. The van der Waals surface area contributed by atoms with Crippen LogP contribution in [0.15, 0.2) is 0 Å². The SMILES string of the molecule is C1CNC2(C1)CCCSC2. The maximum Gasteiger partial charge on any atom is 0.0272 e. The maximum absolute atomic E-state index is 3.65. The van der Waals surface area contributed by atoms with E-state index in [0.29, 0.717) is 5.54 Å². The maximum atomic E-state index is 3.65. The van der Waals surface area contributed by atoms with Crippen molar-refractivity contribution >= 4 is 11.8 Å². The lowest BCUT2D eigenvalue weighted by Gasteiger charge is -2.32. The van der Waals surface area contributed by atoms with Gasteiger partial charge in [-0.3, -0.25) is 0 Å². The summed E-state index contributed by atoms with van der Waals surface area (Å²) in [4.78, 5) is 0. The molecule has 1 N–H and O–H groups in total. The fraction of sp³-hybridized carbons (Fsp3) is 1.00. The summed E-state index contributed by atoms with van der Waals surface area (Å²) in [5.74, 6) is 2.76. The van der Waals surface area contributed by atoms with Crippen LogP contribution in [0.3, 0.4) is 0 Å². The summed E-state index contributed by atoms with van der Waals surface area (Å²) in [5.41, 5.74) is 0.586. The average molecular weight is 157 g/mol. The molecule has 2 saturated heterocycles. The van der Waals surface area contributed by atoms with Crippen molar-refractivity contribution in [3.05, 3.63) is 0 Å². The molecule has 2 aliphatic heterocycles. The molecule has 0 aliphatic carbocycles. The zero-order chi connectivity index (χ0) is 6.86. The lowest BCUT2D eigenvalue weighted by atomic mass is 9.94. The van der Waals surface area contributed by atoms with Crippen LogP contribution in [-0.4, -0.2) is 23.6 Å².